The van der Waals surface area contributed by atoms with Gasteiger partial charge in [0.1, 0.15) is 11.6 Å². The number of hydrogen-bond donors (Lipinski definition) is 2. The Morgan fingerprint density at radius 3 is 2.79 bits per heavy atom. The van der Waals surface area contributed by atoms with Crippen molar-refractivity contribution >= 4 is 0 Å². The number of aromatic nitrogens is 2. The standard InChI is InChI=1S/C15H19N3O/c1-19-13-6-4-11(5-7-13)14-10-17-15(18-14)12-3-2-8-16-9-12/h4-7,10,12,16H,2-3,8-9H2,1H3,(H,17,18). The zero-order valence-electron chi connectivity index (χ0n) is 11.1. The first kappa shape index (κ1) is 12.2. The molecule has 0 radical (unpaired) electrons. The molecule has 1 aromatic carbocycles. The van der Waals surface area contributed by atoms with E-state index in [0.29, 0.717) is 5.92 Å². The molecule has 0 aliphatic carbocycles. The number of imidazole rings is 1. The zero-order valence-corrected chi connectivity index (χ0v) is 11.1. The number of H-pyrrole nitrogens is 1. The molecule has 1 saturated heterocycles. The first-order chi connectivity index (χ1) is 9.36. The second kappa shape index (κ2) is 5.45. The van der Waals surface area contributed by atoms with Crippen molar-refractivity contribution in [2.75, 3.05) is 20.2 Å². The lowest BCUT2D eigenvalue weighted by molar-refractivity contribution is 0.415. The fraction of sp³-hybridized carbons (Fsp3) is 0.400. The SMILES string of the molecule is COc1ccc(-c2cnc(C3CCCNC3)[nH]2)cc1. The van der Waals surface area contributed by atoms with Crippen molar-refractivity contribution in [1.82, 2.24) is 15.3 Å². The van der Waals surface area contributed by atoms with Crippen molar-refractivity contribution in [3.63, 3.8) is 0 Å². The molecule has 1 aliphatic rings. The first-order valence-electron chi connectivity index (χ1n) is 6.77. The predicted molar refractivity (Wildman–Crippen MR) is 75.4 cm³/mol. The molecule has 1 aliphatic heterocycles. The van der Waals surface area contributed by atoms with Crippen LogP contribution >= 0.6 is 0 Å². The van der Waals surface area contributed by atoms with Gasteiger partial charge < -0.3 is 15.0 Å². The highest BCUT2D eigenvalue weighted by molar-refractivity contribution is 5.59. The fourth-order valence-electron chi connectivity index (χ4n) is 2.55. The third-order valence-corrected chi connectivity index (χ3v) is 3.68. The third kappa shape index (κ3) is 2.63. The highest BCUT2D eigenvalue weighted by Gasteiger charge is 2.18. The Bertz CT molecular complexity index is 527. The number of methoxy groups -OCH3 is 1. The lowest BCUT2D eigenvalue weighted by Crippen LogP contribution is -2.28. The average molecular weight is 257 g/mol. The second-order valence-electron chi connectivity index (χ2n) is 4.95. The van der Waals surface area contributed by atoms with Crippen molar-refractivity contribution in [2.24, 2.45) is 0 Å². The quantitative estimate of drug-likeness (QED) is 0.888. The molecule has 2 heterocycles. The summed E-state index contributed by atoms with van der Waals surface area (Å²) < 4.78 is 5.17. The van der Waals surface area contributed by atoms with Crippen LogP contribution in [-0.2, 0) is 0 Å². The summed E-state index contributed by atoms with van der Waals surface area (Å²) in [6.07, 6.45) is 4.36. The van der Waals surface area contributed by atoms with Crippen LogP contribution in [0.3, 0.4) is 0 Å². The number of nitrogens with zero attached hydrogens (tertiary/aromatic N) is 1. The molecule has 1 unspecified atom stereocenters. The molecule has 2 N–H and O–H groups in total. The Kier molecular flexibility index (Phi) is 3.51. The van der Waals surface area contributed by atoms with E-state index in [1.54, 1.807) is 7.11 Å². The van der Waals surface area contributed by atoms with Gasteiger partial charge in [-0.15, -0.1) is 0 Å². The maximum Gasteiger partial charge on any atom is 0.118 e. The molecular formula is C15H19N3O. The summed E-state index contributed by atoms with van der Waals surface area (Å²) in [6, 6.07) is 8.04. The third-order valence-electron chi connectivity index (χ3n) is 3.68. The molecular weight excluding hydrogens is 238 g/mol. The van der Waals surface area contributed by atoms with E-state index in [2.05, 4.69) is 27.4 Å². The van der Waals surface area contributed by atoms with Crippen LogP contribution in [0.15, 0.2) is 30.5 Å². The van der Waals surface area contributed by atoms with E-state index in [1.165, 1.54) is 12.8 Å². The second-order valence-corrected chi connectivity index (χ2v) is 4.95. The molecule has 0 amide bonds. The van der Waals surface area contributed by atoms with Crippen molar-refractivity contribution in [2.45, 2.75) is 18.8 Å². The monoisotopic (exact) mass is 257 g/mol. The van der Waals surface area contributed by atoms with Crippen LogP contribution in [0.2, 0.25) is 0 Å². The Morgan fingerprint density at radius 1 is 1.26 bits per heavy atom. The summed E-state index contributed by atoms with van der Waals surface area (Å²) >= 11 is 0. The summed E-state index contributed by atoms with van der Waals surface area (Å²) in [6.45, 7) is 2.15. The molecule has 0 bridgehead atoms. The molecule has 2 aromatic rings. The van der Waals surface area contributed by atoms with Gasteiger partial charge in [0, 0.05) is 12.5 Å². The van der Waals surface area contributed by atoms with Crippen molar-refractivity contribution in [1.29, 1.82) is 0 Å². The van der Waals surface area contributed by atoms with E-state index >= 15 is 0 Å². The smallest absolute Gasteiger partial charge is 0.118 e. The average Bonchev–Trinajstić information content (AvgIpc) is 2.98. The number of benzene rings is 1. The van der Waals surface area contributed by atoms with E-state index in [0.717, 1.165) is 35.9 Å². The van der Waals surface area contributed by atoms with Gasteiger partial charge in [0.05, 0.1) is 19.0 Å². The van der Waals surface area contributed by atoms with Crippen molar-refractivity contribution in [3.8, 4) is 17.0 Å². The van der Waals surface area contributed by atoms with E-state index in [9.17, 15) is 0 Å². The molecule has 1 atom stereocenters. The number of rotatable bonds is 3. The summed E-state index contributed by atoms with van der Waals surface area (Å²) in [5, 5.41) is 3.42. The molecule has 19 heavy (non-hydrogen) atoms. The van der Waals surface area contributed by atoms with Crippen molar-refractivity contribution < 1.29 is 4.74 Å². The lowest BCUT2D eigenvalue weighted by Gasteiger charge is -2.20. The highest BCUT2D eigenvalue weighted by atomic mass is 16.5. The minimum atomic E-state index is 0.515. The van der Waals surface area contributed by atoms with Crippen LogP contribution in [-0.4, -0.2) is 30.2 Å². The zero-order chi connectivity index (χ0) is 13.1. The minimum Gasteiger partial charge on any atom is -0.497 e. The van der Waals surface area contributed by atoms with Gasteiger partial charge in [-0.2, -0.15) is 0 Å². The van der Waals surface area contributed by atoms with Crippen molar-refractivity contribution in [3.05, 3.63) is 36.3 Å². The number of piperidine rings is 1. The maximum absolute atomic E-state index is 5.17. The van der Waals surface area contributed by atoms with E-state index in [1.807, 2.05) is 18.3 Å². The van der Waals surface area contributed by atoms with Gasteiger partial charge >= 0.3 is 0 Å². The summed E-state index contributed by atoms with van der Waals surface area (Å²) in [5.41, 5.74) is 2.21. The van der Waals surface area contributed by atoms with Crippen LogP contribution in [0.4, 0.5) is 0 Å². The highest BCUT2D eigenvalue weighted by Crippen LogP contribution is 2.25. The molecule has 100 valence electrons. The molecule has 1 fully saturated rings. The molecule has 4 heteroatoms. The van der Waals surface area contributed by atoms with E-state index in [4.69, 9.17) is 4.74 Å². The van der Waals surface area contributed by atoms with Gasteiger partial charge in [-0.1, -0.05) is 0 Å². The number of nitrogens with one attached hydrogen (secondary N) is 2. The van der Waals surface area contributed by atoms with Gasteiger partial charge in [0.25, 0.3) is 0 Å². The van der Waals surface area contributed by atoms with Crippen LogP contribution in [0.25, 0.3) is 11.3 Å². The summed E-state index contributed by atoms with van der Waals surface area (Å²) in [5.74, 6) is 2.48. The number of ether oxygens (including phenoxy) is 1. The van der Waals surface area contributed by atoms with Gasteiger partial charge in [0.15, 0.2) is 0 Å². The van der Waals surface area contributed by atoms with Crippen LogP contribution in [0, 0.1) is 0 Å². The van der Waals surface area contributed by atoms with Crippen LogP contribution in [0.1, 0.15) is 24.6 Å². The Hall–Kier alpha value is -1.81. The Morgan fingerprint density at radius 2 is 2.11 bits per heavy atom. The first-order valence-corrected chi connectivity index (χ1v) is 6.77. The van der Waals surface area contributed by atoms with E-state index < -0.39 is 0 Å². The lowest BCUT2D eigenvalue weighted by atomic mass is 9.99. The van der Waals surface area contributed by atoms with E-state index in [-0.39, 0.29) is 0 Å². The normalized spacial score (nSPS) is 19.3. The molecule has 0 spiro atoms. The largest absolute Gasteiger partial charge is 0.497 e. The predicted octanol–water partition coefficient (Wildman–Crippen LogP) is 2.55. The molecule has 0 saturated carbocycles. The molecule has 1 aromatic heterocycles. The van der Waals surface area contributed by atoms with Gasteiger partial charge in [-0.05, 0) is 49.2 Å². The summed E-state index contributed by atoms with van der Waals surface area (Å²) in [4.78, 5) is 7.98. The Balaban J connectivity index is 1.79. The maximum atomic E-state index is 5.17. The number of aromatic amines is 1. The van der Waals surface area contributed by atoms with Crippen LogP contribution in [0.5, 0.6) is 5.75 Å². The molecule has 4 nitrogen and oxygen atoms in total. The van der Waals surface area contributed by atoms with Crippen LogP contribution < -0.4 is 10.1 Å². The Labute approximate surface area is 113 Å². The fourth-order valence-corrected chi connectivity index (χ4v) is 2.55. The molecule has 3 rings (SSSR count). The van der Waals surface area contributed by atoms with Gasteiger partial charge in [-0.3, -0.25) is 0 Å². The topological polar surface area (TPSA) is 49.9 Å². The summed E-state index contributed by atoms with van der Waals surface area (Å²) in [7, 11) is 1.68. The van der Waals surface area contributed by atoms with Gasteiger partial charge in [0.2, 0.25) is 0 Å². The number of hydrogen-bond acceptors (Lipinski definition) is 3. The minimum absolute atomic E-state index is 0.515. The van der Waals surface area contributed by atoms with Gasteiger partial charge in [-0.25, -0.2) is 4.98 Å².